The van der Waals surface area contributed by atoms with Gasteiger partial charge in [0.15, 0.2) is 5.82 Å². The molecule has 4 aromatic rings. The molecule has 1 amide bonds. The molecule has 32 heavy (non-hydrogen) atoms. The van der Waals surface area contributed by atoms with Crippen molar-refractivity contribution in [3.63, 3.8) is 0 Å². The van der Waals surface area contributed by atoms with Crippen LogP contribution >= 0.6 is 23.4 Å². The number of aromatic nitrogens is 4. The third kappa shape index (κ3) is 4.74. The second-order valence-electron chi connectivity index (χ2n) is 6.59. The number of benzene rings is 2. The molecule has 0 bridgehead atoms. The average molecular weight is 470 g/mol. The first-order valence-electron chi connectivity index (χ1n) is 9.58. The number of anilines is 1. The van der Waals surface area contributed by atoms with E-state index in [2.05, 4.69) is 15.5 Å². The van der Waals surface area contributed by atoms with Gasteiger partial charge < -0.3 is 14.8 Å². The van der Waals surface area contributed by atoms with E-state index in [4.69, 9.17) is 21.1 Å². The zero-order chi connectivity index (χ0) is 22.5. The van der Waals surface area contributed by atoms with Crippen LogP contribution in [0.15, 0.2) is 72.1 Å². The number of ether oxygens (including phenoxy) is 2. The molecule has 0 aliphatic rings. The van der Waals surface area contributed by atoms with Gasteiger partial charge in [0.05, 0.1) is 25.7 Å². The third-order valence-corrected chi connectivity index (χ3v) is 5.68. The Bertz CT molecular complexity index is 1230. The zero-order valence-corrected chi connectivity index (χ0v) is 18.9. The molecule has 164 valence electrons. The monoisotopic (exact) mass is 469 g/mol. The predicted molar refractivity (Wildman–Crippen MR) is 125 cm³/mol. The Labute approximate surface area is 194 Å². The largest absolute Gasteiger partial charge is 0.497 e. The van der Waals surface area contributed by atoms with E-state index in [0.717, 1.165) is 5.56 Å². The van der Waals surface area contributed by atoms with Crippen LogP contribution in [0, 0.1) is 0 Å². The van der Waals surface area contributed by atoms with Crippen LogP contribution < -0.4 is 14.8 Å². The lowest BCUT2D eigenvalue weighted by atomic mass is 10.2. The van der Waals surface area contributed by atoms with E-state index in [1.807, 2.05) is 58.1 Å². The molecule has 0 saturated heterocycles. The maximum absolute atomic E-state index is 12.6. The van der Waals surface area contributed by atoms with Crippen LogP contribution in [-0.4, -0.2) is 45.4 Å². The van der Waals surface area contributed by atoms with E-state index < -0.39 is 0 Å². The van der Waals surface area contributed by atoms with Crippen molar-refractivity contribution in [3.8, 4) is 22.9 Å². The van der Waals surface area contributed by atoms with Crippen molar-refractivity contribution >= 4 is 35.0 Å². The summed E-state index contributed by atoms with van der Waals surface area (Å²) < 4.78 is 14.3. The number of amides is 1. The number of methoxy groups -OCH3 is 2. The number of carbonyl (C=O) groups excluding carboxylic acids is 1. The van der Waals surface area contributed by atoms with Gasteiger partial charge in [0.2, 0.25) is 11.1 Å². The van der Waals surface area contributed by atoms with Gasteiger partial charge in [-0.3, -0.25) is 9.47 Å². The standard InChI is InChI=1S/C22H20ClN5O3S/c1-30-17-7-5-6-15(12-17)21-25-26-22(28(21)27-10-3-4-11-27)32-14-20(29)24-18-13-16(23)8-9-19(18)31-2/h3-13H,14H2,1-2H3,(H,24,29). The van der Waals surface area contributed by atoms with Crippen LogP contribution in [0.25, 0.3) is 11.4 Å². The lowest BCUT2D eigenvalue weighted by Gasteiger charge is -2.12. The summed E-state index contributed by atoms with van der Waals surface area (Å²) in [7, 11) is 3.15. The second-order valence-corrected chi connectivity index (χ2v) is 7.97. The third-order valence-electron chi connectivity index (χ3n) is 4.53. The highest BCUT2D eigenvalue weighted by Crippen LogP contribution is 2.29. The van der Waals surface area contributed by atoms with Crippen molar-refractivity contribution in [1.29, 1.82) is 0 Å². The predicted octanol–water partition coefficient (Wildman–Crippen LogP) is 4.46. The lowest BCUT2D eigenvalue weighted by Crippen LogP contribution is -2.16. The van der Waals surface area contributed by atoms with Gasteiger partial charge in [-0.2, -0.15) is 0 Å². The number of halogens is 1. The molecular weight excluding hydrogens is 450 g/mol. The molecule has 10 heteroatoms. The molecule has 0 unspecified atom stereocenters. The van der Waals surface area contributed by atoms with Crippen molar-refractivity contribution in [1.82, 2.24) is 19.5 Å². The Balaban J connectivity index is 1.57. The minimum absolute atomic E-state index is 0.118. The molecule has 0 atom stereocenters. The number of rotatable bonds is 8. The topological polar surface area (TPSA) is 83.2 Å². The van der Waals surface area contributed by atoms with Crippen molar-refractivity contribution in [3.05, 3.63) is 72.0 Å². The summed E-state index contributed by atoms with van der Waals surface area (Å²) in [6.07, 6.45) is 3.77. The lowest BCUT2D eigenvalue weighted by molar-refractivity contribution is -0.113. The minimum Gasteiger partial charge on any atom is -0.497 e. The van der Waals surface area contributed by atoms with Crippen LogP contribution in [0.2, 0.25) is 5.02 Å². The summed E-state index contributed by atoms with van der Waals surface area (Å²) in [4.78, 5) is 12.6. The molecule has 1 N–H and O–H groups in total. The van der Waals surface area contributed by atoms with Crippen LogP contribution in [0.5, 0.6) is 11.5 Å². The molecule has 0 aliphatic heterocycles. The fourth-order valence-electron chi connectivity index (χ4n) is 3.06. The Morgan fingerprint density at radius 1 is 1.06 bits per heavy atom. The van der Waals surface area contributed by atoms with E-state index in [1.165, 1.54) is 18.9 Å². The summed E-state index contributed by atoms with van der Waals surface area (Å²) in [5, 5.41) is 12.6. The van der Waals surface area contributed by atoms with Crippen LogP contribution in [0.4, 0.5) is 5.69 Å². The quantitative estimate of drug-likeness (QED) is 0.384. The molecule has 8 nitrogen and oxygen atoms in total. The maximum atomic E-state index is 12.6. The Hall–Kier alpha value is -3.43. The van der Waals surface area contributed by atoms with Crippen LogP contribution in [0.3, 0.4) is 0 Å². The molecule has 2 aromatic heterocycles. The van der Waals surface area contributed by atoms with Gasteiger partial charge in [-0.05, 0) is 42.5 Å². The van der Waals surface area contributed by atoms with Gasteiger partial charge in [-0.1, -0.05) is 35.5 Å². The number of hydrogen-bond acceptors (Lipinski definition) is 6. The van der Waals surface area contributed by atoms with E-state index in [0.29, 0.717) is 33.2 Å². The molecule has 2 aromatic carbocycles. The summed E-state index contributed by atoms with van der Waals surface area (Å²) >= 11 is 7.31. The number of carbonyl (C=O) groups is 1. The fourth-order valence-corrected chi connectivity index (χ4v) is 3.96. The van der Waals surface area contributed by atoms with Gasteiger partial charge in [-0.15, -0.1) is 10.2 Å². The molecule has 0 radical (unpaired) electrons. The fraction of sp³-hybridized carbons (Fsp3) is 0.136. The van der Waals surface area contributed by atoms with Gasteiger partial charge in [0.25, 0.3) is 0 Å². The van der Waals surface area contributed by atoms with Crippen molar-refractivity contribution in [2.24, 2.45) is 0 Å². The Morgan fingerprint density at radius 3 is 2.62 bits per heavy atom. The summed E-state index contributed by atoms with van der Waals surface area (Å²) in [6, 6.07) is 16.4. The van der Waals surface area contributed by atoms with Crippen molar-refractivity contribution in [2.75, 3.05) is 25.3 Å². The number of hydrogen-bond donors (Lipinski definition) is 1. The summed E-state index contributed by atoms with van der Waals surface area (Å²) in [6.45, 7) is 0. The normalized spacial score (nSPS) is 10.7. The maximum Gasteiger partial charge on any atom is 0.234 e. The summed E-state index contributed by atoms with van der Waals surface area (Å²) in [5.41, 5.74) is 1.35. The molecule has 2 heterocycles. The van der Waals surface area contributed by atoms with Crippen LogP contribution in [0.1, 0.15) is 0 Å². The van der Waals surface area contributed by atoms with Crippen molar-refractivity contribution < 1.29 is 14.3 Å². The molecule has 0 spiro atoms. The van der Waals surface area contributed by atoms with E-state index in [1.54, 1.807) is 25.3 Å². The van der Waals surface area contributed by atoms with Gasteiger partial charge in [0.1, 0.15) is 11.5 Å². The number of thioether (sulfide) groups is 1. The minimum atomic E-state index is -0.222. The number of nitrogens with zero attached hydrogens (tertiary/aromatic N) is 4. The first kappa shape index (κ1) is 21.8. The highest BCUT2D eigenvalue weighted by atomic mass is 35.5. The highest BCUT2D eigenvalue weighted by molar-refractivity contribution is 7.99. The molecule has 0 fully saturated rings. The first-order valence-corrected chi connectivity index (χ1v) is 10.9. The van der Waals surface area contributed by atoms with Crippen molar-refractivity contribution in [2.45, 2.75) is 5.16 Å². The Morgan fingerprint density at radius 2 is 1.88 bits per heavy atom. The first-order chi connectivity index (χ1) is 15.6. The number of nitrogens with one attached hydrogen (secondary N) is 1. The van der Waals surface area contributed by atoms with E-state index in [9.17, 15) is 4.79 Å². The van der Waals surface area contributed by atoms with E-state index in [-0.39, 0.29) is 11.7 Å². The molecule has 4 rings (SSSR count). The molecule has 0 saturated carbocycles. The SMILES string of the molecule is COc1cccc(-c2nnc(SCC(=O)Nc3cc(Cl)ccc3OC)n2-n2cccc2)c1. The Kier molecular flexibility index (Phi) is 6.67. The van der Waals surface area contributed by atoms with E-state index >= 15 is 0 Å². The van der Waals surface area contributed by atoms with Crippen LogP contribution in [-0.2, 0) is 4.79 Å². The molecule has 0 aliphatic carbocycles. The summed E-state index contributed by atoms with van der Waals surface area (Å²) in [5.74, 6) is 1.77. The highest BCUT2D eigenvalue weighted by Gasteiger charge is 2.18. The van der Waals surface area contributed by atoms with Gasteiger partial charge in [-0.25, -0.2) is 4.68 Å². The molecular formula is C22H20ClN5O3S. The zero-order valence-electron chi connectivity index (χ0n) is 17.4. The van der Waals surface area contributed by atoms with Gasteiger partial charge in [0, 0.05) is 23.0 Å². The van der Waals surface area contributed by atoms with Gasteiger partial charge >= 0.3 is 0 Å². The second kappa shape index (κ2) is 9.80. The smallest absolute Gasteiger partial charge is 0.234 e. The average Bonchev–Trinajstić information content (AvgIpc) is 3.47.